The molecule has 0 aliphatic carbocycles. The molecule has 1 N–H and O–H groups in total. The number of hydrogen-bond acceptors (Lipinski definition) is 4. The maximum absolute atomic E-state index is 6.24. The second-order valence-corrected chi connectivity index (χ2v) is 6.75. The topological polar surface area (TPSA) is 55.9 Å². The first-order valence-electron chi connectivity index (χ1n) is 8.72. The number of halogens is 1. The molecule has 1 atom stereocenters. The summed E-state index contributed by atoms with van der Waals surface area (Å²) >= 11 is 6.24. The first-order valence-corrected chi connectivity index (χ1v) is 9.10. The smallest absolute Gasteiger partial charge is 0.150 e. The van der Waals surface area contributed by atoms with Crippen LogP contribution in [0.25, 0.3) is 11.3 Å². The van der Waals surface area contributed by atoms with E-state index in [-0.39, 0.29) is 0 Å². The number of fused-ring (bicyclic) bond motifs is 1. The number of rotatable bonds is 5. The highest BCUT2D eigenvalue weighted by Crippen LogP contribution is 2.29. The predicted octanol–water partition coefficient (Wildman–Crippen LogP) is 3.86. The summed E-state index contributed by atoms with van der Waals surface area (Å²) in [4.78, 5) is 4.56. The molecule has 4 rings (SSSR count). The maximum Gasteiger partial charge on any atom is 0.150 e. The van der Waals surface area contributed by atoms with Crippen molar-refractivity contribution in [1.82, 2.24) is 20.1 Å². The van der Waals surface area contributed by atoms with Crippen molar-refractivity contribution in [3.8, 4) is 11.3 Å². The van der Waals surface area contributed by atoms with Crippen molar-refractivity contribution in [2.45, 2.75) is 45.3 Å². The fraction of sp³-hybridized carbons (Fsp3) is 0.368. The van der Waals surface area contributed by atoms with Gasteiger partial charge < -0.3 is 9.73 Å². The molecule has 130 valence electrons. The average molecular weight is 357 g/mol. The van der Waals surface area contributed by atoms with Crippen molar-refractivity contribution in [2.24, 2.45) is 0 Å². The van der Waals surface area contributed by atoms with Gasteiger partial charge in [0.25, 0.3) is 0 Å². The Morgan fingerprint density at radius 1 is 1.28 bits per heavy atom. The molecule has 0 spiro atoms. The number of aromatic nitrogens is 3. The van der Waals surface area contributed by atoms with E-state index < -0.39 is 0 Å². The Hall–Kier alpha value is -2.11. The Balaban J connectivity index is 1.39. The van der Waals surface area contributed by atoms with Crippen LogP contribution in [-0.2, 0) is 25.9 Å². The van der Waals surface area contributed by atoms with Crippen molar-refractivity contribution in [3.63, 3.8) is 0 Å². The molecule has 5 nitrogen and oxygen atoms in total. The van der Waals surface area contributed by atoms with E-state index >= 15 is 0 Å². The summed E-state index contributed by atoms with van der Waals surface area (Å²) in [6.07, 6.45) is 2.92. The summed E-state index contributed by atoms with van der Waals surface area (Å²) in [6.45, 7) is 3.64. The highest BCUT2D eigenvalue weighted by atomic mass is 35.5. The molecule has 1 aliphatic heterocycles. The molecular weight excluding hydrogens is 336 g/mol. The predicted molar refractivity (Wildman–Crippen MR) is 97.5 cm³/mol. The van der Waals surface area contributed by atoms with Crippen LogP contribution in [0.15, 0.2) is 40.8 Å². The fourth-order valence-corrected chi connectivity index (χ4v) is 3.43. The monoisotopic (exact) mass is 356 g/mol. The molecule has 0 bridgehead atoms. The van der Waals surface area contributed by atoms with Crippen LogP contribution in [0.3, 0.4) is 0 Å². The third-order valence-corrected chi connectivity index (χ3v) is 4.91. The molecule has 1 aliphatic rings. The zero-order chi connectivity index (χ0) is 17.2. The van der Waals surface area contributed by atoms with Crippen LogP contribution in [0, 0.1) is 0 Å². The van der Waals surface area contributed by atoms with Crippen molar-refractivity contribution in [1.29, 1.82) is 0 Å². The van der Waals surface area contributed by atoms with Crippen molar-refractivity contribution < 1.29 is 4.42 Å². The van der Waals surface area contributed by atoms with E-state index in [9.17, 15) is 0 Å². The van der Waals surface area contributed by atoms with Crippen LogP contribution in [0.2, 0.25) is 5.02 Å². The SMILES string of the molecule is CCc1nc2n(n1)CC(NCc1ccc(-c3ccccc3Cl)o1)CC2. The Morgan fingerprint density at radius 3 is 3.00 bits per heavy atom. The maximum atomic E-state index is 6.24. The zero-order valence-electron chi connectivity index (χ0n) is 14.2. The molecule has 1 unspecified atom stereocenters. The minimum atomic E-state index is 0.382. The van der Waals surface area contributed by atoms with Crippen molar-refractivity contribution in [3.05, 3.63) is 58.8 Å². The number of furan rings is 1. The van der Waals surface area contributed by atoms with E-state index in [4.69, 9.17) is 16.0 Å². The molecule has 0 radical (unpaired) electrons. The summed E-state index contributed by atoms with van der Waals surface area (Å²) in [5, 5.41) is 8.83. The van der Waals surface area contributed by atoms with Gasteiger partial charge in [0.05, 0.1) is 18.1 Å². The second-order valence-electron chi connectivity index (χ2n) is 6.34. The minimum absolute atomic E-state index is 0.382. The van der Waals surface area contributed by atoms with Crippen LogP contribution in [0.4, 0.5) is 0 Å². The van der Waals surface area contributed by atoms with Crippen LogP contribution in [-0.4, -0.2) is 20.8 Å². The van der Waals surface area contributed by atoms with Gasteiger partial charge in [0, 0.05) is 24.4 Å². The van der Waals surface area contributed by atoms with Crippen molar-refractivity contribution in [2.75, 3.05) is 0 Å². The third kappa shape index (κ3) is 3.48. The Kier molecular flexibility index (Phi) is 4.59. The fourth-order valence-electron chi connectivity index (χ4n) is 3.20. The molecule has 25 heavy (non-hydrogen) atoms. The second kappa shape index (κ2) is 7.02. The summed E-state index contributed by atoms with van der Waals surface area (Å²) < 4.78 is 7.99. The first kappa shape index (κ1) is 16.4. The van der Waals surface area contributed by atoms with Gasteiger partial charge in [-0.1, -0.05) is 30.7 Å². The molecular formula is C19H21ClN4O. The summed E-state index contributed by atoms with van der Waals surface area (Å²) in [7, 11) is 0. The van der Waals surface area contributed by atoms with Crippen LogP contribution in [0.5, 0.6) is 0 Å². The van der Waals surface area contributed by atoms with Gasteiger partial charge in [-0.3, -0.25) is 0 Å². The molecule has 0 fully saturated rings. The average Bonchev–Trinajstić information content (AvgIpc) is 3.26. The molecule has 0 saturated heterocycles. The lowest BCUT2D eigenvalue weighted by Crippen LogP contribution is -2.37. The summed E-state index contributed by atoms with van der Waals surface area (Å²) in [6, 6.07) is 12.1. The van der Waals surface area contributed by atoms with Crippen LogP contribution >= 0.6 is 11.6 Å². The molecule has 0 amide bonds. The Labute approximate surface area is 152 Å². The lowest BCUT2D eigenvalue weighted by molar-refractivity contribution is 0.345. The molecule has 1 aromatic carbocycles. The molecule has 6 heteroatoms. The Bertz CT molecular complexity index is 870. The van der Waals surface area contributed by atoms with Gasteiger partial charge in [0.1, 0.15) is 17.3 Å². The van der Waals surface area contributed by atoms with E-state index in [2.05, 4.69) is 22.3 Å². The number of benzene rings is 1. The number of aryl methyl sites for hydroxylation is 2. The van der Waals surface area contributed by atoms with E-state index in [0.717, 1.165) is 54.5 Å². The zero-order valence-corrected chi connectivity index (χ0v) is 15.0. The molecule has 2 aromatic heterocycles. The summed E-state index contributed by atoms with van der Waals surface area (Å²) in [5.74, 6) is 3.76. The summed E-state index contributed by atoms with van der Waals surface area (Å²) in [5.41, 5.74) is 0.924. The minimum Gasteiger partial charge on any atom is -0.460 e. The van der Waals surface area contributed by atoms with Gasteiger partial charge in [-0.15, -0.1) is 0 Å². The molecule has 3 heterocycles. The van der Waals surface area contributed by atoms with Gasteiger partial charge in [-0.2, -0.15) is 5.10 Å². The number of nitrogens with one attached hydrogen (secondary N) is 1. The largest absolute Gasteiger partial charge is 0.460 e. The van der Waals surface area contributed by atoms with Gasteiger partial charge in [-0.25, -0.2) is 9.67 Å². The van der Waals surface area contributed by atoms with E-state index in [1.165, 1.54) is 0 Å². The number of nitrogens with zero attached hydrogens (tertiary/aromatic N) is 3. The Morgan fingerprint density at radius 2 is 2.16 bits per heavy atom. The lowest BCUT2D eigenvalue weighted by atomic mass is 10.1. The van der Waals surface area contributed by atoms with Gasteiger partial charge in [-0.05, 0) is 30.7 Å². The van der Waals surface area contributed by atoms with Gasteiger partial charge in [0.2, 0.25) is 0 Å². The van der Waals surface area contributed by atoms with Gasteiger partial charge >= 0.3 is 0 Å². The standard InChI is InChI=1S/C19H21ClN4O/c1-2-18-22-19-10-7-13(12-24(19)23-18)21-11-14-8-9-17(25-14)15-5-3-4-6-16(15)20/h3-6,8-9,13,21H,2,7,10-12H2,1H3. The number of hydrogen-bond donors (Lipinski definition) is 1. The quantitative estimate of drug-likeness (QED) is 0.754. The lowest BCUT2D eigenvalue weighted by Gasteiger charge is -2.23. The van der Waals surface area contributed by atoms with E-state index in [0.29, 0.717) is 17.6 Å². The first-order chi connectivity index (χ1) is 12.2. The van der Waals surface area contributed by atoms with Crippen molar-refractivity contribution >= 4 is 11.6 Å². The van der Waals surface area contributed by atoms with Crippen LogP contribution in [0.1, 0.15) is 30.8 Å². The highest BCUT2D eigenvalue weighted by molar-refractivity contribution is 6.33. The van der Waals surface area contributed by atoms with E-state index in [1.807, 2.05) is 41.1 Å². The van der Waals surface area contributed by atoms with Gasteiger partial charge in [0.15, 0.2) is 5.82 Å². The van der Waals surface area contributed by atoms with Crippen LogP contribution < -0.4 is 5.32 Å². The molecule has 3 aromatic rings. The molecule has 0 saturated carbocycles. The van der Waals surface area contributed by atoms with E-state index in [1.54, 1.807) is 0 Å². The normalized spacial score (nSPS) is 16.8. The third-order valence-electron chi connectivity index (χ3n) is 4.58. The highest BCUT2D eigenvalue weighted by Gasteiger charge is 2.21.